The maximum atomic E-state index is 4.10. The number of allylic oxidation sites excluding steroid dienone is 2. The Balaban J connectivity index is 0. The molecule has 0 saturated carbocycles. The van der Waals surface area contributed by atoms with Gasteiger partial charge in [-0.15, -0.1) is 0 Å². The molecule has 0 heterocycles. The predicted octanol–water partition coefficient (Wildman–Crippen LogP) is 9.68. The number of rotatable bonds is 3. The van der Waals surface area contributed by atoms with Gasteiger partial charge in [-0.05, 0) is 72.0 Å². The standard InChI is InChI=1S/C26H26.4C2H6/c1-18-14-19(2)16-25(15-18)24-13-11-22(5)26(17-24)21(4)10-12-23-9-7-6-8-20(23)3;4*1-2/h6-17H,3H2,1-2,4-5H3;4*1-2H3/b21-10+,23-12-;;;;. The van der Waals surface area contributed by atoms with Crippen LogP contribution in [0.25, 0.3) is 29.4 Å². The largest absolute Gasteiger partial charge is 0.0912 e. The Kier molecular flexibility index (Phi) is 19.2. The summed E-state index contributed by atoms with van der Waals surface area (Å²) in [6.45, 7) is 28.8. The van der Waals surface area contributed by atoms with E-state index in [0.29, 0.717) is 0 Å². The molecular formula is C34H50. The Morgan fingerprint density at radius 2 is 1.18 bits per heavy atom. The molecular weight excluding hydrogens is 408 g/mol. The summed E-state index contributed by atoms with van der Waals surface area (Å²) < 4.78 is 0. The van der Waals surface area contributed by atoms with Crippen molar-refractivity contribution in [1.82, 2.24) is 0 Å². The molecule has 0 radical (unpaired) electrons. The van der Waals surface area contributed by atoms with Gasteiger partial charge < -0.3 is 0 Å². The average Bonchev–Trinajstić information content (AvgIpc) is 2.88. The smallest absolute Gasteiger partial charge is 0.0178 e. The van der Waals surface area contributed by atoms with Crippen molar-refractivity contribution in [3.63, 3.8) is 0 Å². The zero-order valence-corrected chi connectivity index (χ0v) is 24.1. The van der Waals surface area contributed by atoms with Crippen molar-refractivity contribution in [3.8, 4) is 11.1 Å². The normalized spacial score (nSPS) is 10.2. The van der Waals surface area contributed by atoms with Crippen LogP contribution in [0, 0.1) is 20.8 Å². The number of hydrogen-bond donors (Lipinski definition) is 0. The highest BCUT2D eigenvalue weighted by molar-refractivity contribution is 5.76. The van der Waals surface area contributed by atoms with Crippen molar-refractivity contribution >= 4 is 18.2 Å². The monoisotopic (exact) mass is 458 g/mol. The summed E-state index contributed by atoms with van der Waals surface area (Å²) >= 11 is 0. The highest BCUT2D eigenvalue weighted by Crippen LogP contribution is 2.28. The Bertz CT molecular complexity index is 1060. The van der Waals surface area contributed by atoms with Crippen LogP contribution in [-0.4, -0.2) is 0 Å². The lowest BCUT2D eigenvalue weighted by Gasteiger charge is -2.11. The fraction of sp³-hybridized carbons (Fsp3) is 0.353. The number of hydrogen-bond acceptors (Lipinski definition) is 0. The Hall–Kier alpha value is -2.86. The molecule has 0 atom stereocenters. The van der Waals surface area contributed by atoms with E-state index in [-0.39, 0.29) is 0 Å². The summed E-state index contributed by atoms with van der Waals surface area (Å²) in [7, 11) is 0. The SMILES string of the molecule is C=c1cccc/c1=C/C=C(\C)c1cc(-c2cc(C)cc(C)c2)ccc1C.CC.CC.CC.CC. The minimum atomic E-state index is 1.05. The molecule has 0 fully saturated rings. The van der Waals surface area contributed by atoms with E-state index >= 15 is 0 Å². The first-order chi connectivity index (χ1) is 16.4. The second-order valence-corrected chi connectivity index (χ2v) is 7.12. The molecule has 3 rings (SSSR count). The van der Waals surface area contributed by atoms with Crippen LogP contribution in [-0.2, 0) is 0 Å². The first-order valence-electron chi connectivity index (χ1n) is 13.1. The van der Waals surface area contributed by atoms with Gasteiger partial charge in [-0.3, -0.25) is 0 Å². The van der Waals surface area contributed by atoms with Gasteiger partial charge in [0.15, 0.2) is 0 Å². The summed E-state index contributed by atoms with van der Waals surface area (Å²) in [5.74, 6) is 0. The van der Waals surface area contributed by atoms with Gasteiger partial charge in [-0.25, -0.2) is 0 Å². The molecule has 0 unspecified atom stereocenters. The van der Waals surface area contributed by atoms with Crippen LogP contribution in [0.5, 0.6) is 0 Å². The van der Waals surface area contributed by atoms with Gasteiger partial charge in [0.1, 0.15) is 0 Å². The van der Waals surface area contributed by atoms with Crippen LogP contribution in [0.2, 0.25) is 0 Å². The van der Waals surface area contributed by atoms with Crippen LogP contribution in [0.3, 0.4) is 0 Å². The summed E-state index contributed by atoms with van der Waals surface area (Å²) in [4.78, 5) is 0. The first kappa shape index (κ1) is 33.3. The summed E-state index contributed by atoms with van der Waals surface area (Å²) in [6, 6.07) is 21.7. The first-order valence-corrected chi connectivity index (χ1v) is 13.1. The van der Waals surface area contributed by atoms with Gasteiger partial charge in [0.2, 0.25) is 0 Å². The van der Waals surface area contributed by atoms with Crippen molar-refractivity contribution < 1.29 is 0 Å². The molecule has 0 saturated heterocycles. The molecule has 0 spiro atoms. The van der Waals surface area contributed by atoms with Crippen molar-refractivity contribution in [2.24, 2.45) is 0 Å². The molecule has 34 heavy (non-hydrogen) atoms. The Labute approximate surface area is 211 Å². The van der Waals surface area contributed by atoms with E-state index < -0.39 is 0 Å². The minimum absolute atomic E-state index is 1.05. The second-order valence-electron chi connectivity index (χ2n) is 7.12. The maximum Gasteiger partial charge on any atom is -0.0178 e. The zero-order valence-electron chi connectivity index (χ0n) is 24.1. The Morgan fingerprint density at radius 3 is 1.71 bits per heavy atom. The summed E-state index contributed by atoms with van der Waals surface area (Å²) in [5, 5.41) is 2.22. The van der Waals surface area contributed by atoms with E-state index in [1.165, 1.54) is 39.0 Å². The predicted molar refractivity (Wildman–Crippen MR) is 161 cm³/mol. The molecule has 186 valence electrons. The average molecular weight is 459 g/mol. The fourth-order valence-electron chi connectivity index (χ4n) is 3.37. The second kappa shape index (κ2) is 19.6. The van der Waals surface area contributed by atoms with E-state index in [1.54, 1.807) is 0 Å². The zero-order chi connectivity index (χ0) is 26.7. The van der Waals surface area contributed by atoms with E-state index in [1.807, 2.05) is 67.5 Å². The molecule has 0 aliphatic carbocycles. The molecule has 0 nitrogen and oxygen atoms in total. The van der Waals surface area contributed by atoms with Gasteiger partial charge in [-0.2, -0.15) is 0 Å². The topological polar surface area (TPSA) is 0 Å². The third-order valence-corrected chi connectivity index (χ3v) is 4.79. The maximum absolute atomic E-state index is 4.10. The van der Waals surface area contributed by atoms with Gasteiger partial charge in [-0.1, -0.05) is 140 Å². The van der Waals surface area contributed by atoms with Crippen molar-refractivity contribution in [3.05, 3.63) is 99.4 Å². The summed E-state index contributed by atoms with van der Waals surface area (Å²) in [5.41, 5.74) is 9.00. The number of benzene rings is 3. The quantitative estimate of drug-likeness (QED) is 0.366. The van der Waals surface area contributed by atoms with Gasteiger partial charge in [0.05, 0.1) is 0 Å². The van der Waals surface area contributed by atoms with Crippen molar-refractivity contribution in [2.75, 3.05) is 0 Å². The number of aryl methyl sites for hydroxylation is 3. The molecule has 0 aliphatic rings. The molecule has 3 aromatic carbocycles. The molecule has 0 heteroatoms. The summed E-state index contributed by atoms with van der Waals surface area (Å²) in [6.07, 6.45) is 4.35. The van der Waals surface area contributed by atoms with Gasteiger partial charge in [0.25, 0.3) is 0 Å². The van der Waals surface area contributed by atoms with Crippen LogP contribution in [0.4, 0.5) is 0 Å². The van der Waals surface area contributed by atoms with Crippen LogP contribution in [0.15, 0.2) is 66.7 Å². The third-order valence-electron chi connectivity index (χ3n) is 4.79. The van der Waals surface area contributed by atoms with Gasteiger partial charge >= 0.3 is 0 Å². The van der Waals surface area contributed by atoms with Crippen LogP contribution < -0.4 is 10.4 Å². The molecule has 0 aliphatic heterocycles. The van der Waals surface area contributed by atoms with E-state index in [0.717, 1.165) is 10.4 Å². The van der Waals surface area contributed by atoms with E-state index in [2.05, 4.69) is 95.0 Å². The van der Waals surface area contributed by atoms with Crippen LogP contribution >= 0.6 is 0 Å². The minimum Gasteiger partial charge on any atom is -0.0912 e. The lowest BCUT2D eigenvalue weighted by Crippen LogP contribution is -2.21. The Morgan fingerprint density at radius 1 is 0.647 bits per heavy atom. The van der Waals surface area contributed by atoms with E-state index in [4.69, 9.17) is 0 Å². The van der Waals surface area contributed by atoms with Crippen molar-refractivity contribution in [2.45, 2.75) is 83.1 Å². The molecule has 0 aromatic heterocycles. The molecule has 0 amide bonds. The highest BCUT2D eigenvalue weighted by Gasteiger charge is 2.05. The van der Waals surface area contributed by atoms with Crippen LogP contribution in [0.1, 0.15) is 84.6 Å². The lowest BCUT2D eigenvalue weighted by atomic mass is 9.94. The molecule has 3 aromatic rings. The van der Waals surface area contributed by atoms with E-state index in [9.17, 15) is 0 Å². The third kappa shape index (κ3) is 10.8. The fourth-order valence-corrected chi connectivity index (χ4v) is 3.37. The highest BCUT2D eigenvalue weighted by atomic mass is 14.1. The van der Waals surface area contributed by atoms with Crippen molar-refractivity contribution in [1.29, 1.82) is 0 Å². The molecule has 0 N–H and O–H groups in total. The van der Waals surface area contributed by atoms with Gasteiger partial charge in [0, 0.05) is 0 Å². The molecule has 0 bridgehead atoms. The lowest BCUT2D eigenvalue weighted by molar-refractivity contribution is 1.37.